The van der Waals surface area contributed by atoms with Gasteiger partial charge >= 0.3 is 23.0 Å². The molecule has 0 spiro atoms. The number of hydrogen-bond acceptors (Lipinski definition) is 15. The van der Waals surface area contributed by atoms with Crippen LogP contribution in [-0.2, 0) is 0 Å². The molecule has 18 heteroatoms. The summed E-state index contributed by atoms with van der Waals surface area (Å²) in [4.78, 5) is 0. The lowest BCUT2D eigenvalue weighted by Crippen LogP contribution is -2.11. The summed E-state index contributed by atoms with van der Waals surface area (Å²) in [6, 6.07) is 41.3. The van der Waals surface area contributed by atoms with Crippen LogP contribution in [0.4, 0.5) is 0 Å². The molecule has 1 aliphatic rings. The first-order chi connectivity index (χ1) is 29.2. The topological polar surface area (TPSA) is 148 Å². The molecule has 312 valence electrons. The van der Waals surface area contributed by atoms with E-state index in [-0.39, 0.29) is 0 Å². The minimum absolute atomic E-state index is 0.325. The Morgan fingerprint density at radius 3 is 0.450 bits per heavy atom. The first-order valence-electron chi connectivity index (χ1n) is 18.1. The molecule has 7 rings (SSSR count). The van der Waals surface area contributed by atoms with Gasteiger partial charge in [0.25, 0.3) is 0 Å². The predicted molar refractivity (Wildman–Crippen MR) is 230 cm³/mol. The predicted octanol–water partition coefficient (Wildman–Crippen LogP) is 12.4. The van der Waals surface area contributed by atoms with Crippen molar-refractivity contribution in [1.29, 1.82) is 0 Å². The van der Waals surface area contributed by atoms with Crippen LogP contribution in [-0.4, -0.2) is 42.7 Å². The molecule has 6 aromatic carbocycles. The number of methoxy groups -OCH3 is 6. The largest absolute Gasteiger partial charge is 0.497 e. The zero-order valence-electron chi connectivity index (χ0n) is 33.4. The molecule has 1 aliphatic heterocycles. The van der Waals surface area contributed by atoms with Gasteiger partial charge in [-0.1, -0.05) is 13.5 Å². The Balaban J connectivity index is 1.55. The average molecular weight is 874 g/mol. The first kappa shape index (κ1) is 41.8. The maximum absolute atomic E-state index is 6.87. The van der Waals surface area contributed by atoms with Crippen LogP contribution in [0.2, 0.25) is 0 Å². The molecule has 60 heavy (non-hydrogen) atoms. The second-order valence-corrected chi connectivity index (χ2v) is 18.5. The van der Waals surface area contributed by atoms with Gasteiger partial charge in [-0.2, -0.15) is 0 Å². The van der Waals surface area contributed by atoms with Crippen molar-refractivity contribution < 1.29 is 55.6 Å². The third kappa shape index (κ3) is 10.2. The summed E-state index contributed by atoms with van der Waals surface area (Å²) in [5.41, 5.74) is 0. The van der Waals surface area contributed by atoms with E-state index in [0.717, 1.165) is 0 Å². The molecule has 0 aromatic heterocycles. The highest BCUT2D eigenvalue weighted by atomic mass is 31.3. The molecule has 0 bridgehead atoms. The molecule has 0 saturated heterocycles. The normalized spacial score (nSPS) is 14.3. The van der Waals surface area contributed by atoms with Gasteiger partial charge in [-0.15, -0.1) is 0 Å². The van der Waals surface area contributed by atoms with E-state index < -0.39 is 23.0 Å². The first-order valence-corrected chi connectivity index (χ1v) is 22.7. The number of hydrogen-bond donors (Lipinski definition) is 0. The van der Waals surface area contributed by atoms with E-state index in [0.29, 0.717) is 69.0 Å². The quantitative estimate of drug-likeness (QED) is 0.0757. The fourth-order valence-electron chi connectivity index (χ4n) is 5.40. The van der Waals surface area contributed by atoms with Crippen molar-refractivity contribution in [2.75, 3.05) is 42.7 Å². The molecule has 1 heterocycles. The van der Waals surface area contributed by atoms with E-state index in [2.05, 4.69) is 0 Å². The summed E-state index contributed by atoms with van der Waals surface area (Å²) >= 11 is 0. The molecule has 0 radical (unpaired) electrons. The Bertz CT molecular complexity index is 2060. The highest BCUT2D eigenvalue weighted by molar-refractivity contribution is 7.79. The van der Waals surface area contributed by atoms with Crippen LogP contribution in [0.1, 0.15) is 0 Å². The molecular weight excluding hydrogens is 831 g/mol. The van der Waals surface area contributed by atoms with E-state index in [4.69, 9.17) is 69.1 Å². The molecule has 0 fully saturated rings. The van der Waals surface area contributed by atoms with Crippen molar-refractivity contribution in [3.05, 3.63) is 146 Å². The number of rotatable bonds is 18. The molecular formula is C42H42N3O12P3. The molecule has 0 amide bonds. The molecule has 0 saturated carbocycles. The van der Waals surface area contributed by atoms with Crippen LogP contribution in [0.25, 0.3) is 0 Å². The maximum Gasteiger partial charge on any atom is 0.460 e. The van der Waals surface area contributed by atoms with E-state index in [1.165, 1.54) is 0 Å². The fourth-order valence-corrected chi connectivity index (χ4v) is 14.5. The van der Waals surface area contributed by atoms with Gasteiger partial charge in [-0.3, -0.25) is 0 Å². The van der Waals surface area contributed by atoms with Crippen molar-refractivity contribution in [2.45, 2.75) is 0 Å². The molecule has 6 aromatic rings. The fraction of sp³-hybridized carbons (Fsp3) is 0.143. The van der Waals surface area contributed by atoms with Crippen LogP contribution in [0.3, 0.4) is 0 Å². The monoisotopic (exact) mass is 873 g/mol. The van der Waals surface area contributed by atoms with Gasteiger partial charge in [0.2, 0.25) is 0 Å². The van der Waals surface area contributed by atoms with Crippen LogP contribution in [0.15, 0.2) is 159 Å². The summed E-state index contributed by atoms with van der Waals surface area (Å²) in [5, 5.41) is 0. The summed E-state index contributed by atoms with van der Waals surface area (Å²) in [6.45, 7) is 0. The maximum atomic E-state index is 6.87. The Morgan fingerprint density at radius 2 is 0.333 bits per heavy atom. The Labute approximate surface area is 348 Å². The molecule has 0 N–H and O–H groups in total. The van der Waals surface area contributed by atoms with Crippen LogP contribution in [0, 0.1) is 0 Å². The third-order valence-electron chi connectivity index (χ3n) is 8.38. The van der Waals surface area contributed by atoms with Gasteiger partial charge in [0, 0.05) is 0 Å². The van der Waals surface area contributed by atoms with Gasteiger partial charge in [-0.05, 0) is 146 Å². The van der Waals surface area contributed by atoms with Gasteiger partial charge in [0.05, 0.1) is 42.7 Å². The third-order valence-corrected chi connectivity index (χ3v) is 16.5. The van der Waals surface area contributed by atoms with Gasteiger partial charge < -0.3 is 55.6 Å². The minimum Gasteiger partial charge on any atom is -0.497 e. The zero-order valence-corrected chi connectivity index (χ0v) is 36.1. The summed E-state index contributed by atoms with van der Waals surface area (Å²) in [6.07, 6.45) is 0. The number of benzene rings is 6. The van der Waals surface area contributed by atoms with Gasteiger partial charge in [0.15, 0.2) is 0 Å². The van der Waals surface area contributed by atoms with E-state index in [1.807, 2.05) is 0 Å². The van der Waals surface area contributed by atoms with Crippen LogP contribution < -0.4 is 55.6 Å². The summed E-state index contributed by atoms with van der Waals surface area (Å²) in [7, 11) is -3.05. The van der Waals surface area contributed by atoms with Crippen LogP contribution >= 0.6 is 23.0 Å². The van der Waals surface area contributed by atoms with E-state index in [1.54, 1.807) is 188 Å². The van der Waals surface area contributed by atoms with Crippen molar-refractivity contribution in [1.82, 2.24) is 0 Å². The second-order valence-electron chi connectivity index (χ2n) is 12.3. The second kappa shape index (κ2) is 18.7. The minimum atomic E-state index is -4.16. The Morgan fingerprint density at radius 1 is 0.217 bits per heavy atom. The van der Waals surface area contributed by atoms with Crippen molar-refractivity contribution in [3.8, 4) is 69.0 Å². The smallest absolute Gasteiger partial charge is 0.460 e. The highest BCUT2D eigenvalue weighted by Crippen LogP contribution is 2.78. The number of nitrogens with zero attached hydrogens (tertiary/aromatic N) is 3. The van der Waals surface area contributed by atoms with Crippen LogP contribution in [0.5, 0.6) is 69.0 Å². The summed E-state index contributed by atoms with van der Waals surface area (Å²) < 4.78 is 89.6. The Kier molecular flexibility index (Phi) is 13.0. The average Bonchev–Trinajstić information content (AvgIpc) is 3.27. The van der Waals surface area contributed by atoms with Crippen molar-refractivity contribution in [2.24, 2.45) is 13.5 Å². The lowest BCUT2D eigenvalue weighted by molar-refractivity contribution is 0.410. The molecule has 0 atom stereocenters. The lowest BCUT2D eigenvalue weighted by atomic mass is 10.3. The van der Waals surface area contributed by atoms with Gasteiger partial charge in [0.1, 0.15) is 69.0 Å². The SMILES string of the molecule is COc1ccc(OP2(Oc3ccc(OC)cc3)=NP(Oc3ccc(OC)cc3)(Oc3ccc(OC)cc3)=NP(Oc3ccc(OC)cc3)(Oc3ccc(OC)cc3)=N2)cc1. The van der Waals surface area contributed by atoms with E-state index >= 15 is 0 Å². The standard InChI is InChI=1S/C42H42N3O12P3/c1-46-31-7-19-37(20-8-31)52-58(53-38-21-9-32(47-2)10-22-38)43-59(54-39-23-11-33(48-3)12-24-39,55-40-25-13-34(49-4)14-26-40)45-60(44-58,56-41-27-15-35(50-5)16-28-41)57-42-29-17-36(51-6)18-30-42/h7-30H,1-6H3. The van der Waals surface area contributed by atoms with Crippen molar-refractivity contribution >= 4 is 23.0 Å². The lowest BCUT2D eigenvalue weighted by Gasteiger charge is -2.33. The van der Waals surface area contributed by atoms with Gasteiger partial charge in [-0.25, -0.2) is 0 Å². The molecule has 0 unspecified atom stereocenters. The van der Waals surface area contributed by atoms with Crippen molar-refractivity contribution in [3.63, 3.8) is 0 Å². The Hall–Kier alpha value is -6.39. The molecule has 0 aliphatic carbocycles. The number of ether oxygens (including phenoxy) is 6. The molecule has 15 nitrogen and oxygen atoms in total. The zero-order chi connectivity index (χ0) is 42.0. The van der Waals surface area contributed by atoms with E-state index in [9.17, 15) is 0 Å². The summed E-state index contributed by atoms with van der Waals surface area (Å²) in [5.74, 6) is 5.52. The highest BCUT2D eigenvalue weighted by Gasteiger charge is 2.49.